The maximum atomic E-state index is 12.7. The van der Waals surface area contributed by atoms with Crippen molar-refractivity contribution in [1.82, 2.24) is 14.5 Å². The highest BCUT2D eigenvalue weighted by Crippen LogP contribution is 2.40. The Labute approximate surface area is 267 Å². The van der Waals surface area contributed by atoms with Crippen LogP contribution in [0, 0.1) is 5.92 Å². The monoisotopic (exact) mass is 689 g/mol. The summed E-state index contributed by atoms with van der Waals surface area (Å²) in [6, 6.07) is 13.0. The van der Waals surface area contributed by atoms with Gasteiger partial charge in [0.2, 0.25) is 0 Å². The zero-order valence-electron chi connectivity index (χ0n) is 24.3. The maximum absolute atomic E-state index is 12.7. The first-order valence-corrected chi connectivity index (χ1v) is 16.0. The van der Waals surface area contributed by atoms with E-state index in [2.05, 4.69) is 20.9 Å². The van der Waals surface area contributed by atoms with E-state index in [4.69, 9.17) is 30.5 Å². The molecule has 0 radical (unpaired) electrons. The van der Waals surface area contributed by atoms with E-state index in [9.17, 15) is 9.59 Å². The Kier molecular flexibility index (Phi) is 9.83. The maximum Gasteiger partial charge on any atom is 0.409 e. The second-order valence-electron chi connectivity index (χ2n) is 10.7. The van der Waals surface area contributed by atoms with Crippen molar-refractivity contribution in [2.75, 3.05) is 26.8 Å². The number of methoxy groups -OCH3 is 1. The van der Waals surface area contributed by atoms with E-state index in [0.717, 1.165) is 26.1 Å². The topological polar surface area (TPSA) is 92.1 Å². The summed E-state index contributed by atoms with van der Waals surface area (Å²) in [5, 5.41) is 1.30. The van der Waals surface area contributed by atoms with Crippen LogP contribution < -0.4 is 9.47 Å². The molecule has 0 saturated carbocycles. The molecule has 0 bridgehead atoms. The number of nitrogens with zero attached hydrogens (tertiary/aromatic N) is 3. The molecule has 1 saturated heterocycles. The molecule has 2 aromatic heterocycles. The molecule has 0 unspecified atom stereocenters. The molecular formula is C31H33BrClN3O6S. The molecule has 1 atom stereocenters. The highest BCUT2D eigenvalue weighted by Gasteiger charge is 2.27. The first-order chi connectivity index (χ1) is 20.7. The number of hydrogen-bond donors (Lipinski definition) is 0. The number of esters is 1. The van der Waals surface area contributed by atoms with Crippen LogP contribution in [0.3, 0.4) is 0 Å². The van der Waals surface area contributed by atoms with Crippen molar-refractivity contribution >= 4 is 62.0 Å². The van der Waals surface area contributed by atoms with E-state index in [1.807, 2.05) is 55.7 Å². The predicted octanol–water partition coefficient (Wildman–Crippen LogP) is 8.07. The van der Waals surface area contributed by atoms with Gasteiger partial charge in [-0.1, -0.05) is 43.6 Å². The summed E-state index contributed by atoms with van der Waals surface area (Å²) in [5.41, 5.74) is 2.35. The first-order valence-electron chi connectivity index (χ1n) is 14.0. The number of carbonyl (C=O) groups excluding carboxylic acids is 2. The van der Waals surface area contributed by atoms with Gasteiger partial charge in [-0.3, -0.25) is 4.57 Å². The summed E-state index contributed by atoms with van der Waals surface area (Å²) in [5.74, 6) is 0.861. The van der Waals surface area contributed by atoms with Gasteiger partial charge < -0.3 is 23.8 Å². The number of fused-ring (bicyclic) bond motifs is 1. The third-order valence-corrected chi connectivity index (χ3v) is 9.29. The number of halogens is 2. The molecule has 2 aromatic carbocycles. The molecule has 0 spiro atoms. The third kappa shape index (κ3) is 6.94. The largest absolute Gasteiger partial charge is 0.489 e. The molecule has 1 fully saturated rings. The molecule has 9 nitrogen and oxygen atoms in total. The molecule has 5 rings (SSSR count). The van der Waals surface area contributed by atoms with Crippen LogP contribution in [0.2, 0.25) is 5.02 Å². The number of benzene rings is 2. The van der Waals surface area contributed by atoms with Crippen LogP contribution >= 0.6 is 38.9 Å². The van der Waals surface area contributed by atoms with Crippen molar-refractivity contribution in [3.63, 3.8) is 0 Å². The van der Waals surface area contributed by atoms with Crippen LogP contribution in [0.15, 0.2) is 53.3 Å². The Balaban J connectivity index is 1.37. The van der Waals surface area contributed by atoms with Gasteiger partial charge in [0.25, 0.3) is 0 Å². The fourth-order valence-electron chi connectivity index (χ4n) is 4.83. The Morgan fingerprint density at radius 3 is 2.56 bits per heavy atom. The molecule has 4 aromatic rings. The Hall–Kier alpha value is -3.28. The van der Waals surface area contributed by atoms with Gasteiger partial charge in [-0.05, 0) is 47.0 Å². The van der Waals surface area contributed by atoms with Crippen molar-refractivity contribution in [1.29, 1.82) is 0 Å². The quantitative estimate of drug-likeness (QED) is 0.164. The lowest BCUT2D eigenvalue weighted by molar-refractivity contribution is 0.0596. The van der Waals surface area contributed by atoms with Crippen molar-refractivity contribution in [3.05, 3.63) is 68.7 Å². The van der Waals surface area contributed by atoms with E-state index in [1.165, 1.54) is 18.4 Å². The van der Waals surface area contributed by atoms with Crippen molar-refractivity contribution < 1.29 is 28.5 Å². The van der Waals surface area contributed by atoms with E-state index in [0.29, 0.717) is 59.9 Å². The first kappa shape index (κ1) is 31.2. The standard InChI is InChI=1S/C31H33BrClN3O6S/c1-18(2)16-40-31(38)35-13-11-20(12-14-35)42-24-10-9-23-28(27(24)32)36(17-34-23)26-15-25(29(43-26)30(37)39-4)41-19(3)21-7-5-6-8-22(21)33/h5-10,15,17-20H,11-14,16H2,1-4H3/t19-/m1/s1. The molecule has 1 amide bonds. The molecule has 3 heterocycles. The molecular weight excluding hydrogens is 658 g/mol. The van der Waals surface area contributed by atoms with E-state index >= 15 is 0 Å². The van der Waals surface area contributed by atoms with Crippen LogP contribution in [0.4, 0.5) is 4.79 Å². The fraction of sp³-hybridized carbons (Fsp3) is 0.387. The summed E-state index contributed by atoms with van der Waals surface area (Å²) < 4.78 is 25.7. The van der Waals surface area contributed by atoms with Gasteiger partial charge in [0.15, 0.2) is 4.88 Å². The second kappa shape index (κ2) is 13.6. The Bertz CT molecular complexity index is 1610. The summed E-state index contributed by atoms with van der Waals surface area (Å²) in [4.78, 5) is 31.7. The lowest BCUT2D eigenvalue weighted by atomic mass is 10.1. The van der Waals surface area contributed by atoms with Crippen molar-refractivity contribution in [3.8, 4) is 16.5 Å². The van der Waals surface area contributed by atoms with Gasteiger partial charge in [-0.15, -0.1) is 11.3 Å². The predicted molar refractivity (Wildman–Crippen MR) is 170 cm³/mol. The number of carbonyl (C=O) groups is 2. The van der Waals surface area contributed by atoms with Crippen molar-refractivity contribution in [2.24, 2.45) is 5.92 Å². The van der Waals surface area contributed by atoms with E-state index in [-0.39, 0.29) is 12.2 Å². The minimum atomic E-state index is -0.496. The fourth-order valence-corrected chi connectivity index (χ4v) is 6.73. The minimum Gasteiger partial charge on any atom is -0.489 e. The highest BCUT2D eigenvalue weighted by atomic mass is 79.9. The summed E-state index contributed by atoms with van der Waals surface area (Å²) in [6.45, 7) is 7.46. The molecule has 228 valence electrons. The highest BCUT2D eigenvalue weighted by molar-refractivity contribution is 9.10. The number of amides is 1. The summed E-state index contributed by atoms with van der Waals surface area (Å²) in [7, 11) is 1.34. The van der Waals surface area contributed by atoms with Crippen molar-refractivity contribution in [2.45, 2.75) is 45.8 Å². The number of piperidine rings is 1. The lowest BCUT2D eigenvalue weighted by Gasteiger charge is -2.32. The number of hydrogen-bond acceptors (Lipinski definition) is 8. The number of rotatable bonds is 9. The van der Waals surface area contributed by atoms with Gasteiger partial charge in [0, 0.05) is 42.6 Å². The number of imidazole rings is 1. The zero-order chi connectivity index (χ0) is 30.7. The average molecular weight is 691 g/mol. The van der Waals surface area contributed by atoms with Gasteiger partial charge in [0.1, 0.15) is 35.0 Å². The van der Waals surface area contributed by atoms with E-state index in [1.54, 1.807) is 23.4 Å². The van der Waals surface area contributed by atoms with Gasteiger partial charge >= 0.3 is 12.1 Å². The SMILES string of the molecule is COC(=O)c1sc(-n2cnc3ccc(OC4CCN(C(=O)OCC(C)C)CC4)c(Br)c32)cc1O[C@H](C)c1ccccc1Cl. The number of ether oxygens (including phenoxy) is 4. The van der Waals surface area contributed by atoms with Gasteiger partial charge in [-0.25, -0.2) is 14.6 Å². The Morgan fingerprint density at radius 1 is 1.12 bits per heavy atom. The lowest BCUT2D eigenvalue weighted by Crippen LogP contribution is -2.42. The molecule has 0 aliphatic carbocycles. The third-order valence-electron chi connectivity index (χ3n) is 7.09. The van der Waals surface area contributed by atoms with Crippen LogP contribution in [-0.2, 0) is 9.47 Å². The summed E-state index contributed by atoms with van der Waals surface area (Å²) >= 11 is 11.4. The van der Waals surface area contributed by atoms with Crippen LogP contribution in [0.25, 0.3) is 16.0 Å². The zero-order valence-corrected chi connectivity index (χ0v) is 27.5. The summed E-state index contributed by atoms with van der Waals surface area (Å²) in [6.07, 6.45) is 2.35. The molecule has 12 heteroatoms. The molecule has 43 heavy (non-hydrogen) atoms. The number of thiophene rings is 1. The number of likely N-dealkylation sites (tertiary alicyclic amines) is 1. The molecule has 1 aliphatic rings. The normalized spacial score (nSPS) is 14.6. The number of aromatic nitrogens is 2. The molecule has 0 N–H and O–H groups in total. The molecule has 1 aliphatic heterocycles. The Morgan fingerprint density at radius 2 is 1.86 bits per heavy atom. The average Bonchev–Trinajstić information content (AvgIpc) is 3.62. The van der Waals surface area contributed by atoms with Gasteiger partial charge in [-0.2, -0.15) is 0 Å². The van der Waals surface area contributed by atoms with E-state index < -0.39 is 12.1 Å². The second-order valence-corrected chi connectivity index (χ2v) is 12.9. The van der Waals surface area contributed by atoms with Crippen LogP contribution in [0.1, 0.15) is 55.0 Å². The van der Waals surface area contributed by atoms with Gasteiger partial charge in [0.05, 0.1) is 29.2 Å². The van der Waals surface area contributed by atoms with Crippen LogP contribution in [0.5, 0.6) is 11.5 Å². The smallest absolute Gasteiger partial charge is 0.409 e. The minimum absolute atomic E-state index is 0.0572. The van der Waals surface area contributed by atoms with Crippen LogP contribution in [-0.4, -0.2) is 59.4 Å².